The number of nitrogens with two attached hydrogens (primary N) is 1. The van der Waals surface area contributed by atoms with Crippen LogP contribution >= 0.6 is 23.2 Å². The number of aldehydes is 1. The van der Waals surface area contributed by atoms with Crippen molar-refractivity contribution in [1.29, 1.82) is 0 Å². The largest absolute Gasteiger partial charge is 0.444 e. The fourth-order valence-electron chi connectivity index (χ4n) is 12.7. The van der Waals surface area contributed by atoms with Crippen molar-refractivity contribution in [2.45, 2.75) is 118 Å². The molecule has 538 valence electrons. The molecule has 0 spiro atoms. The lowest BCUT2D eigenvalue weighted by Crippen LogP contribution is -2.48. The Balaban J connectivity index is 0.000000166. The van der Waals surface area contributed by atoms with E-state index in [1.54, 1.807) is 116 Å². The number of benzene rings is 6. The third kappa shape index (κ3) is 18.7. The molecule has 2 saturated carbocycles. The average molecular weight is 1490 g/mol. The molecule has 12 aromatic rings. The van der Waals surface area contributed by atoms with Crippen molar-refractivity contribution in [3.05, 3.63) is 264 Å². The van der Waals surface area contributed by atoms with Crippen LogP contribution in [0.25, 0.3) is 44.3 Å². The van der Waals surface area contributed by atoms with E-state index in [2.05, 4.69) is 60.4 Å². The van der Waals surface area contributed by atoms with Gasteiger partial charge in [-0.1, -0.05) is 157 Å². The summed E-state index contributed by atoms with van der Waals surface area (Å²) in [6.07, 6.45) is 16.4. The van der Waals surface area contributed by atoms with Crippen LogP contribution in [0, 0.1) is 0 Å². The molecule has 0 saturated heterocycles. The first-order valence-electron chi connectivity index (χ1n) is 33.9. The second-order valence-electron chi connectivity index (χ2n) is 26.1. The van der Waals surface area contributed by atoms with E-state index in [0.29, 0.717) is 90.8 Å². The first-order chi connectivity index (χ1) is 50.7. The number of fused-ring (bicyclic) bond motifs is 2. The molecule has 2 amide bonds. The molecule has 6 aromatic heterocycles. The van der Waals surface area contributed by atoms with Crippen LogP contribution in [0.5, 0.6) is 0 Å². The number of aromatic nitrogens is 8. The molecule has 6 heterocycles. The lowest BCUT2D eigenvalue weighted by molar-refractivity contribution is 0.111. The number of hydrogen-bond donors (Lipinski definition) is 6. The van der Waals surface area contributed by atoms with Gasteiger partial charge in [-0.2, -0.15) is 0 Å². The normalized spacial score (nSPS) is 17.2. The molecule has 2 fully saturated rings. The first kappa shape index (κ1) is 73.8. The zero-order valence-electron chi connectivity index (χ0n) is 57.4. The highest BCUT2D eigenvalue weighted by Crippen LogP contribution is 2.39. The van der Waals surface area contributed by atoms with Gasteiger partial charge in [0.15, 0.2) is 6.29 Å². The summed E-state index contributed by atoms with van der Waals surface area (Å²) in [6, 6.07) is 57.2. The second-order valence-corrected chi connectivity index (χ2v) is 30.5. The third-order valence-corrected chi connectivity index (χ3v) is 21.9. The lowest BCUT2D eigenvalue weighted by atomic mass is 9.80. The van der Waals surface area contributed by atoms with Crippen LogP contribution in [0.1, 0.15) is 92.5 Å². The monoisotopic (exact) mass is 1490 g/mol. The molecule has 0 bridgehead atoms. The molecule has 14 rings (SSSR count). The highest BCUT2D eigenvalue weighted by Gasteiger charge is 2.34. The molecule has 2 aliphatic rings. The second kappa shape index (κ2) is 33.2. The molecule has 4 atom stereocenters. The maximum absolute atomic E-state index is 13.7. The van der Waals surface area contributed by atoms with Crippen molar-refractivity contribution in [3.8, 4) is 22.5 Å². The lowest BCUT2D eigenvalue weighted by Gasteiger charge is -2.39. The summed E-state index contributed by atoms with van der Waals surface area (Å²) in [5.41, 5.74) is 13.2. The van der Waals surface area contributed by atoms with Gasteiger partial charge in [-0.3, -0.25) is 25.4 Å². The van der Waals surface area contributed by atoms with Crippen LogP contribution in [0.3, 0.4) is 0 Å². The van der Waals surface area contributed by atoms with E-state index >= 15 is 0 Å². The van der Waals surface area contributed by atoms with E-state index in [4.69, 9.17) is 48.4 Å². The molecule has 0 unspecified atom stereocenters. The van der Waals surface area contributed by atoms with Crippen molar-refractivity contribution in [2.24, 2.45) is 5.73 Å². The molecule has 27 heteroatoms. The van der Waals surface area contributed by atoms with Crippen LogP contribution < -0.4 is 32.3 Å². The predicted octanol–water partition coefficient (Wildman–Crippen LogP) is 15.7. The number of anilines is 4. The van der Waals surface area contributed by atoms with E-state index < -0.39 is 32.2 Å². The number of nitrogens with one attached hydrogen (secondary N) is 5. The van der Waals surface area contributed by atoms with Crippen LogP contribution in [-0.4, -0.2) is 96.3 Å². The molecule has 0 radical (unpaired) electrons. The van der Waals surface area contributed by atoms with Crippen molar-refractivity contribution in [3.63, 3.8) is 0 Å². The van der Waals surface area contributed by atoms with Crippen LogP contribution in [0.4, 0.5) is 32.9 Å². The smallest absolute Gasteiger partial charge is 0.412 e. The number of ether oxygens (including phenoxy) is 2. The Morgan fingerprint density at radius 3 is 1.43 bits per heavy atom. The number of halogens is 2. The van der Waals surface area contributed by atoms with Gasteiger partial charge in [-0.05, 0) is 137 Å². The average Bonchev–Trinajstić information content (AvgIpc) is 1.61. The van der Waals surface area contributed by atoms with Crippen molar-refractivity contribution < 1.29 is 40.7 Å². The van der Waals surface area contributed by atoms with Gasteiger partial charge in [0.05, 0.1) is 84.1 Å². The van der Waals surface area contributed by atoms with Gasteiger partial charge in [-0.15, -0.1) is 0 Å². The first-order valence-corrected chi connectivity index (χ1v) is 37.6. The molecule has 2 aliphatic carbocycles. The fraction of sp³-hybridized carbons (Fsp3) is 0.218. The van der Waals surface area contributed by atoms with Gasteiger partial charge >= 0.3 is 12.2 Å². The minimum absolute atomic E-state index is 0.0847. The summed E-state index contributed by atoms with van der Waals surface area (Å²) in [5.74, 6) is 0.869. The topological polar surface area (TPSA) is 311 Å². The van der Waals surface area contributed by atoms with E-state index in [1.165, 1.54) is 20.2 Å². The van der Waals surface area contributed by atoms with Crippen molar-refractivity contribution >= 4 is 107 Å². The summed E-state index contributed by atoms with van der Waals surface area (Å²) in [7, 11) is -7.68. The zero-order valence-corrected chi connectivity index (χ0v) is 60.5. The maximum atomic E-state index is 13.7. The fourth-order valence-corrected chi connectivity index (χ4v) is 15.9. The molecular weight excluding hydrogens is 1410 g/mol. The Morgan fingerprint density at radius 2 is 0.981 bits per heavy atom. The summed E-state index contributed by atoms with van der Waals surface area (Å²) in [5, 5.41) is 18.0. The Kier molecular flexibility index (Phi) is 23.4. The van der Waals surface area contributed by atoms with Crippen molar-refractivity contribution in [2.75, 3.05) is 21.3 Å². The molecule has 6 aromatic carbocycles. The van der Waals surface area contributed by atoms with E-state index in [0.717, 1.165) is 73.6 Å². The highest BCUT2D eigenvalue weighted by atomic mass is 35.5. The number of para-hydroxylation sites is 2. The Hall–Kier alpha value is -10.9. The maximum Gasteiger partial charge on any atom is 0.412 e. The van der Waals surface area contributed by atoms with Crippen LogP contribution in [0.15, 0.2) is 241 Å². The molecule has 23 nitrogen and oxygen atoms in total. The van der Waals surface area contributed by atoms with E-state index in [-0.39, 0.29) is 46.2 Å². The zero-order chi connectivity index (χ0) is 73.6. The minimum atomic E-state index is -3.87. The number of carbonyl (C=O) groups excluding carboxylic acids is 3. The summed E-state index contributed by atoms with van der Waals surface area (Å²) in [4.78, 5) is 61.3. The highest BCUT2D eigenvalue weighted by molar-refractivity contribution is 7.90. The minimum Gasteiger partial charge on any atom is -0.444 e. The summed E-state index contributed by atoms with van der Waals surface area (Å²) >= 11 is 13.2. The number of rotatable bonds is 20. The summed E-state index contributed by atoms with van der Waals surface area (Å²) in [6.45, 7) is 5.22. The standard InChI is InChI=1S/C39H38ClN7O4S.C25H26ClN5O2S.C14H12N2O3/c1-39(43-23-29-18-19-30(22-41-29)45-38(48)51-26-27-11-4-2-5-12-27)20-10-13-28(21-39)44-37-42-24-34(40)36(46-37)33-25-47(35-17-9-8-16-32(33)35)52(49,50)31-14-6-3-7-15-31;1-25(27)13-7-8-17(14-25)29-24-28-15-21(26)23(30-24)20-16-31(22-12-6-5-11-19(20)22)34(32,33)18-9-3-2-4-10-18;17-9-13-7-6-12(8-15-13)16-14(18)19-10-11-4-2-1-3-5-11/h2-9,11-12,14-19,22,24-25,28,43H,10,13,20-21,23,26H2,1H3,(H,45,48)(H,42,44,46);2-6,9-12,15-17H,7-8,13-14,27H2,1H3,(H,28,29,30);1-9H,10H2,(H,16,18)/t28-,39+;17-,25+;/m11./s1. The van der Waals surface area contributed by atoms with Gasteiger partial charge in [0.25, 0.3) is 20.0 Å². The number of carbonyl (C=O) groups is 3. The quantitative estimate of drug-likeness (QED) is 0.0386. The molecule has 105 heavy (non-hydrogen) atoms. The van der Waals surface area contributed by atoms with Gasteiger partial charge in [0.1, 0.15) is 18.9 Å². The third-order valence-electron chi connectivity index (χ3n) is 18.0. The number of pyridine rings is 2. The Bertz CT molecular complexity index is 5240. The molecule has 7 N–H and O–H groups in total. The molecular formula is C78H76Cl2N14O9S2. The number of nitrogens with zero attached hydrogens (tertiary/aromatic N) is 8. The Morgan fingerprint density at radius 1 is 0.543 bits per heavy atom. The van der Waals surface area contributed by atoms with Crippen molar-refractivity contribution in [1.82, 2.24) is 43.2 Å². The predicted molar refractivity (Wildman–Crippen MR) is 408 cm³/mol. The Labute approximate surface area is 618 Å². The van der Waals surface area contributed by atoms with Gasteiger partial charge in [-0.25, -0.2) is 54.3 Å². The van der Waals surface area contributed by atoms with E-state index in [9.17, 15) is 31.2 Å². The van der Waals surface area contributed by atoms with Crippen LogP contribution in [0.2, 0.25) is 10.0 Å². The van der Waals surface area contributed by atoms with Gasteiger partial charge in [0, 0.05) is 64.0 Å². The van der Waals surface area contributed by atoms with Crippen LogP contribution in [-0.2, 0) is 49.3 Å². The molecule has 0 aliphatic heterocycles. The summed E-state index contributed by atoms with van der Waals surface area (Å²) < 4.78 is 67.2. The van der Waals surface area contributed by atoms with E-state index in [1.807, 2.05) is 103 Å². The SMILES string of the molecule is C[C@]1(N)CCC[C@@H](Nc2ncc(Cl)c(-c3cn(S(=O)(=O)c4ccccc4)c4ccccc34)n2)C1.C[C@]1(NCc2ccc(NC(=O)OCc3ccccc3)cn2)CCC[C@@H](Nc2ncc(Cl)c(-c3cn(S(=O)(=O)c4ccccc4)c4ccccc34)n2)C1.O=Cc1ccc(NC(=O)OCc2ccccc2)cn1. The van der Waals surface area contributed by atoms with Gasteiger partial charge in [0.2, 0.25) is 11.9 Å². The van der Waals surface area contributed by atoms with Gasteiger partial charge < -0.3 is 31.2 Å². The number of amides is 2. The number of hydrogen-bond acceptors (Lipinski definition) is 19.